The summed E-state index contributed by atoms with van der Waals surface area (Å²) in [6.07, 6.45) is 2.85. The second kappa shape index (κ2) is 5.92. The average Bonchev–Trinajstić information content (AvgIpc) is 2.46. The molecule has 0 aliphatic heterocycles. The lowest BCUT2D eigenvalue weighted by molar-refractivity contribution is 0.580. The highest BCUT2D eigenvalue weighted by Gasteiger charge is 2.13. The number of pyridine rings is 1. The molecule has 3 N–H and O–H groups in total. The van der Waals surface area contributed by atoms with E-state index in [1.807, 2.05) is 24.3 Å². The molecule has 100 valence electrons. The van der Waals surface area contributed by atoms with Gasteiger partial charge >= 0.3 is 0 Å². The summed E-state index contributed by atoms with van der Waals surface area (Å²) in [7, 11) is -3.54. The van der Waals surface area contributed by atoms with Gasteiger partial charge in [-0.15, -0.1) is 0 Å². The highest BCUT2D eigenvalue weighted by atomic mass is 32.2. The minimum Gasteiger partial charge on any atom is -0.326 e. The predicted octanol–water partition coefficient (Wildman–Crippen LogP) is 1.02. The van der Waals surface area contributed by atoms with Crippen molar-refractivity contribution in [3.05, 3.63) is 59.9 Å². The molecule has 0 aliphatic rings. The van der Waals surface area contributed by atoms with Gasteiger partial charge in [0.15, 0.2) is 0 Å². The van der Waals surface area contributed by atoms with Gasteiger partial charge in [-0.2, -0.15) is 0 Å². The number of sulfonamides is 1. The van der Waals surface area contributed by atoms with Gasteiger partial charge in [0, 0.05) is 25.5 Å². The molecule has 5 nitrogen and oxygen atoms in total. The fourth-order valence-electron chi connectivity index (χ4n) is 1.69. The number of aromatic nitrogens is 1. The molecule has 0 saturated carbocycles. The van der Waals surface area contributed by atoms with E-state index in [0.29, 0.717) is 6.54 Å². The molecule has 0 aliphatic carbocycles. The van der Waals surface area contributed by atoms with Gasteiger partial charge in [-0.25, -0.2) is 13.1 Å². The fourth-order valence-corrected chi connectivity index (χ4v) is 2.66. The first-order valence-corrected chi connectivity index (χ1v) is 7.28. The molecule has 1 aromatic carbocycles. The van der Waals surface area contributed by atoms with Crippen LogP contribution in [-0.4, -0.2) is 13.4 Å². The first-order valence-electron chi connectivity index (χ1n) is 5.80. The van der Waals surface area contributed by atoms with E-state index in [1.54, 1.807) is 6.07 Å². The monoisotopic (exact) mass is 277 g/mol. The molecule has 2 aromatic rings. The predicted molar refractivity (Wildman–Crippen MR) is 72.6 cm³/mol. The van der Waals surface area contributed by atoms with Gasteiger partial charge in [0.2, 0.25) is 10.0 Å². The standard InChI is InChI=1S/C13H15N3O2S/c14-8-11-4-1-2-5-12(11)9-16-19(17,18)13-6-3-7-15-10-13/h1-7,10,16H,8-9,14H2. The van der Waals surface area contributed by atoms with Gasteiger partial charge in [-0.1, -0.05) is 24.3 Å². The molecular formula is C13H15N3O2S. The van der Waals surface area contributed by atoms with Gasteiger partial charge in [-0.3, -0.25) is 4.98 Å². The molecule has 2 rings (SSSR count). The number of nitrogens with one attached hydrogen (secondary N) is 1. The third-order valence-corrected chi connectivity index (χ3v) is 4.12. The summed E-state index contributed by atoms with van der Waals surface area (Å²) in [5.74, 6) is 0. The molecule has 6 heteroatoms. The third-order valence-electron chi connectivity index (χ3n) is 2.74. The van der Waals surface area contributed by atoms with Crippen molar-refractivity contribution in [1.82, 2.24) is 9.71 Å². The number of benzene rings is 1. The first-order chi connectivity index (χ1) is 9.13. The molecular weight excluding hydrogens is 262 g/mol. The maximum atomic E-state index is 12.0. The highest BCUT2D eigenvalue weighted by Crippen LogP contribution is 2.10. The topological polar surface area (TPSA) is 85.1 Å². The zero-order chi connectivity index (χ0) is 13.7. The van der Waals surface area contributed by atoms with Crippen molar-refractivity contribution in [1.29, 1.82) is 0 Å². The first kappa shape index (κ1) is 13.7. The minimum absolute atomic E-state index is 0.153. The molecule has 1 aromatic heterocycles. The van der Waals surface area contributed by atoms with Crippen molar-refractivity contribution >= 4 is 10.0 Å². The van der Waals surface area contributed by atoms with Gasteiger partial charge in [0.05, 0.1) is 0 Å². The second-order valence-corrected chi connectivity index (χ2v) is 5.75. The Morgan fingerprint density at radius 1 is 1.11 bits per heavy atom. The minimum atomic E-state index is -3.54. The van der Waals surface area contributed by atoms with Crippen LogP contribution in [0.25, 0.3) is 0 Å². The Kier molecular flexibility index (Phi) is 4.26. The van der Waals surface area contributed by atoms with Crippen LogP contribution in [-0.2, 0) is 23.1 Å². The number of hydrogen-bond acceptors (Lipinski definition) is 4. The van der Waals surface area contributed by atoms with Crippen molar-refractivity contribution in [3.8, 4) is 0 Å². The Bertz CT molecular complexity index is 642. The van der Waals surface area contributed by atoms with Crippen LogP contribution in [0.3, 0.4) is 0 Å². The van der Waals surface area contributed by atoms with Crippen LogP contribution in [0.5, 0.6) is 0 Å². The zero-order valence-electron chi connectivity index (χ0n) is 10.3. The summed E-state index contributed by atoms with van der Waals surface area (Å²) in [4.78, 5) is 3.95. The smallest absolute Gasteiger partial charge is 0.242 e. The van der Waals surface area contributed by atoms with Crippen molar-refractivity contribution in [2.75, 3.05) is 0 Å². The summed E-state index contributed by atoms with van der Waals surface area (Å²) in [6.45, 7) is 0.593. The quantitative estimate of drug-likeness (QED) is 0.854. The number of nitrogens with zero attached hydrogens (tertiary/aromatic N) is 1. The molecule has 0 fully saturated rings. The van der Waals surface area contributed by atoms with E-state index in [9.17, 15) is 8.42 Å². The SMILES string of the molecule is NCc1ccccc1CNS(=O)(=O)c1cccnc1. The Morgan fingerprint density at radius 3 is 2.47 bits per heavy atom. The van der Waals surface area contributed by atoms with Crippen LogP contribution in [0, 0.1) is 0 Å². The Morgan fingerprint density at radius 2 is 1.84 bits per heavy atom. The molecule has 1 heterocycles. The van der Waals surface area contributed by atoms with Crippen LogP contribution in [0.15, 0.2) is 53.7 Å². The van der Waals surface area contributed by atoms with Gasteiger partial charge < -0.3 is 5.73 Å². The van der Waals surface area contributed by atoms with Crippen molar-refractivity contribution in [3.63, 3.8) is 0 Å². The summed E-state index contributed by atoms with van der Waals surface area (Å²) in [6, 6.07) is 10.6. The van der Waals surface area contributed by atoms with Crippen molar-refractivity contribution < 1.29 is 8.42 Å². The summed E-state index contributed by atoms with van der Waals surface area (Å²) >= 11 is 0. The molecule has 0 amide bonds. The van der Waals surface area contributed by atoms with E-state index in [1.165, 1.54) is 18.5 Å². The van der Waals surface area contributed by atoms with Crippen LogP contribution < -0.4 is 10.5 Å². The van der Waals surface area contributed by atoms with E-state index in [4.69, 9.17) is 5.73 Å². The van der Waals surface area contributed by atoms with E-state index in [-0.39, 0.29) is 11.4 Å². The van der Waals surface area contributed by atoms with Crippen molar-refractivity contribution in [2.45, 2.75) is 18.0 Å². The van der Waals surface area contributed by atoms with Crippen LogP contribution in [0.1, 0.15) is 11.1 Å². The molecule has 0 spiro atoms. The van der Waals surface area contributed by atoms with E-state index >= 15 is 0 Å². The van der Waals surface area contributed by atoms with Gasteiger partial charge in [-0.05, 0) is 23.3 Å². The maximum Gasteiger partial charge on any atom is 0.242 e. The number of nitrogens with two attached hydrogens (primary N) is 1. The molecule has 0 bridgehead atoms. The second-order valence-electron chi connectivity index (χ2n) is 3.99. The van der Waals surface area contributed by atoms with Crippen LogP contribution in [0.2, 0.25) is 0 Å². The Balaban J connectivity index is 2.15. The van der Waals surface area contributed by atoms with Crippen molar-refractivity contribution in [2.24, 2.45) is 5.73 Å². The summed E-state index contributed by atoms with van der Waals surface area (Å²) in [5, 5.41) is 0. The third kappa shape index (κ3) is 3.37. The summed E-state index contributed by atoms with van der Waals surface area (Å²) in [5.41, 5.74) is 7.41. The highest BCUT2D eigenvalue weighted by molar-refractivity contribution is 7.89. The fraction of sp³-hybridized carbons (Fsp3) is 0.154. The molecule has 0 radical (unpaired) electrons. The number of hydrogen-bond donors (Lipinski definition) is 2. The Hall–Kier alpha value is -1.76. The van der Waals surface area contributed by atoms with E-state index in [2.05, 4.69) is 9.71 Å². The van der Waals surface area contributed by atoms with Crippen LogP contribution >= 0.6 is 0 Å². The zero-order valence-corrected chi connectivity index (χ0v) is 11.1. The lowest BCUT2D eigenvalue weighted by atomic mass is 10.1. The normalized spacial score (nSPS) is 11.4. The Labute approximate surface area is 112 Å². The largest absolute Gasteiger partial charge is 0.326 e. The van der Waals surface area contributed by atoms with Gasteiger partial charge in [0.25, 0.3) is 0 Å². The summed E-state index contributed by atoms with van der Waals surface area (Å²) < 4.78 is 26.6. The van der Waals surface area contributed by atoms with E-state index < -0.39 is 10.0 Å². The molecule has 0 unspecified atom stereocenters. The lowest BCUT2D eigenvalue weighted by Crippen LogP contribution is -2.24. The van der Waals surface area contributed by atoms with Crippen LogP contribution in [0.4, 0.5) is 0 Å². The lowest BCUT2D eigenvalue weighted by Gasteiger charge is -2.09. The van der Waals surface area contributed by atoms with E-state index in [0.717, 1.165) is 11.1 Å². The average molecular weight is 277 g/mol. The van der Waals surface area contributed by atoms with Gasteiger partial charge in [0.1, 0.15) is 4.90 Å². The molecule has 19 heavy (non-hydrogen) atoms. The maximum absolute atomic E-state index is 12.0. The number of rotatable bonds is 5. The molecule has 0 atom stereocenters. The molecule has 0 saturated heterocycles.